The highest BCUT2D eigenvalue weighted by Gasteiger charge is 2.38. The number of pyridine rings is 3. The van der Waals surface area contributed by atoms with Gasteiger partial charge in [-0.1, -0.05) is 0 Å². The van der Waals surface area contributed by atoms with Crippen LogP contribution in [0.3, 0.4) is 0 Å². The maximum absolute atomic E-state index is 12.9. The SMILES string of the molecule is COCCn1ccc(=O)c(O)c1N(CC1CC(CN(C(=O)O)c2c(O)c(=O)ccn2CCOC)CC(CN(C(=O)O)c2c(O)c(=O)ccn2CCOC)C1)C(=O)O. The van der Waals surface area contributed by atoms with Crippen molar-refractivity contribution in [3.8, 4) is 17.2 Å². The fraction of sp³-hybridized carbons (Fsp3) is 0.500. The van der Waals surface area contributed by atoms with Gasteiger partial charge >= 0.3 is 18.3 Å². The van der Waals surface area contributed by atoms with E-state index in [-0.39, 0.29) is 95.8 Å². The van der Waals surface area contributed by atoms with Crippen LogP contribution in [-0.4, -0.2) is 123 Å². The summed E-state index contributed by atoms with van der Waals surface area (Å²) in [7, 11) is 4.25. The molecular formula is C36H48N6O15. The van der Waals surface area contributed by atoms with Crippen molar-refractivity contribution in [3.63, 3.8) is 0 Å². The first-order valence-electron chi connectivity index (χ1n) is 17.9. The van der Waals surface area contributed by atoms with E-state index in [1.54, 1.807) is 0 Å². The predicted octanol–water partition coefficient (Wildman–Crippen LogP) is 2.11. The number of methoxy groups -OCH3 is 3. The maximum Gasteiger partial charge on any atom is 0.413 e. The fourth-order valence-electron chi connectivity index (χ4n) is 7.31. The third-order valence-corrected chi connectivity index (χ3v) is 9.76. The van der Waals surface area contributed by atoms with Crippen molar-refractivity contribution >= 4 is 35.7 Å². The normalized spacial score (nSPS) is 16.6. The molecule has 0 atom stereocenters. The van der Waals surface area contributed by atoms with Crippen LogP contribution in [0.2, 0.25) is 0 Å². The number of ether oxygens (including phenoxy) is 3. The van der Waals surface area contributed by atoms with Gasteiger partial charge < -0.3 is 58.6 Å². The lowest BCUT2D eigenvalue weighted by molar-refractivity contribution is 0.170. The minimum absolute atomic E-state index is 0.0528. The van der Waals surface area contributed by atoms with E-state index in [1.165, 1.54) is 53.6 Å². The molecule has 3 heterocycles. The van der Waals surface area contributed by atoms with E-state index in [9.17, 15) is 59.4 Å². The predicted molar refractivity (Wildman–Crippen MR) is 203 cm³/mol. The Hall–Kier alpha value is -6.06. The molecule has 0 aliphatic heterocycles. The van der Waals surface area contributed by atoms with E-state index in [0.29, 0.717) is 0 Å². The van der Waals surface area contributed by atoms with E-state index in [0.717, 1.165) is 32.9 Å². The van der Waals surface area contributed by atoms with Crippen molar-refractivity contribution in [1.82, 2.24) is 13.7 Å². The van der Waals surface area contributed by atoms with Crippen LogP contribution in [0.5, 0.6) is 17.2 Å². The largest absolute Gasteiger partial charge is 0.502 e. The quantitative estimate of drug-likeness (QED) is 0.107. The third kappa shape index (κ3) is 10.4. The highest BCUT2D eigenvalue weighted by molar-refractivity contribution is 5.88. The van der Waals surface area contributed by atoms with Gasteiger partial charge in [0.15, 0.2) is 17.5 Å². The number of carboxylic acid groups (broad SMARTS) is 3. The molecule has 57 heavy (non-hydrogen) atoms. The molecule has 4 rings (SSSR count). The second-order valence-corrected chi connectivity index (χ2v) is 13.6. The molecule has 6 N–H and O–H groups in total. The third-order valence-electron chi connectivity index (χ3n) is 9.76. The van der Waals surface area contributed by atoms with E-state index in [1.807, 2.05) is 0 Å². The Morgan fingerprint density at radius 2 is 0.789 bits per heavy atom. The van der Waals surface area contributed by atoms with Crippen LogP contribution in [0.4, 0.5) is 31.8 Å². The van der Waals surface area contributed by atoms with Gasteiger partial charge in [0, 0.05) is 97.4 Å². The number of amides is 3. The molecule has 1 aliphatic carbocycles. The van der Waals surface area contributed by atoms with Gasteiger partial charge in [0.25, 0.3) is 0 Å². The Morgan fingerprint density at radius 1 is 0.544 bits per heavy atom. The number of hydrogen-bond acceptors (Lipinski definition) is 12. The fourth-order valence-corrected chi connectivity index (χ4v) is 7.31. The first-order valence-corrected chi connectivity index (χ1v) is 17.9. The van der Waals surface area contributed by atoms with Crippen LogP contribution < -0.4 is 31.0 Å². The van der Waals surface area contributed by atoms with Gasteiger partial charge in [-0.3, -0.25) is 29.1 Å². The first kappa shape index (κ1) is 43.7. The molecule has 21 nitrogen and oxygen atoms in total. The van der Waals surface area contributed by atoms with E-state index in [4.69, 9.17) is 14.2 Å². The van der Waals surface area contributed by atoms with Gasteiger partial charge in [-0.25, -0.2) is 14.4 Å². The summed E-state index contributed by atoms with van der Waals surface area (Å²) in [5.41, 5.74) is -2.53. The monoisotopic (exact) mass is 804 g/mol. The van der Waals surface area contributed by atoms with E-state index in [2.05, 4.69) is 0 Å². The summed E-state index contributed by atoms with van der Waals surface area (Å²) in [6, 6.07) is 3.20. The Balaban J connectivity index is 1.81. The molecule has 1 saturated carbocycles. The number of rotatable bonds is 18. The number of anilines is 3. The summed E-state index contributed by atoms with van der Waals surface area (Å²) in [4.78, 5) is 78.7. The molecule has 3 aromatic heterocycles. The summed E-state index contributed by atoms with van der Waals surface area (Å²) in [6.45, 7) is -0.613. The standard InChI is InChI=1S/C36H48N6O15/c1-55-13-10-37-7-4-25(43)28(46)31(37)40(34(49)50)19-22-16-23(20-41(35(51)52)32-29(47)26(44)5-8-38(32)11-14-56-2)18-24(17-22)21-42(36(53)54)33-30(48)27(45)6-9-39(33)12-15-57-3/h4-9,22-24,46-48H,10-21H2,1-3H3,(H,49,50)(H,51,52)(H,53,54). The summed E-state index contributed by atoms with van der Waals surface area (Å²) in [5, 5.41) is 64.0. The minimum atomic E-state index is -1.53. The number of nitrogens with zero attached hydrogens (tertiary/aromatic N) is 6. The van der Waals surface area contributed by atoms with Gasteiger partial charge in [-0.2, -0.15) is 0 Å². The van der Waals surface area contributed by atoms with Crippen molar-refractivity contribution in [2.24, 2.45) is 17.8 Å². The Kier molecular flexibility index (Phi) is 15.1. The summed E-state index contributed by atoms with van der Waals surface area (Å²) in [6.07, 6.45) is -0.320. The Bertz CT molecular complexity index is 1840. The maximum atomic E-state index is 12.9. The van der Waals surface area contributed by atoms with Crippen LogP contribution in [0.1, 0.15) is 19.3 Å². The molecule has 0 aromatic carbocycles. The van der Waals surface area contributed by atoms with Crippen LogP contribution in [0.15, 0.2) is 51.2 Å². The number of carbonyl (C=O) groups is 3. The van der Waals surface area contributed by atoms with Gasteiger partial charge in [0.05, 0.1) is 19.8 Å². The second kappa shape index (κ2) is 19.7. The Labute approximate surface area is 325 Å². The van der Waals surface area contributed by atoms with Crippen molar-refractivity contribution in [2.45, 2.75) is 38.9 Å². The minimum Gasteiger partial charge on any atom is -0.502 e. The lowest BCUT2D eigenvalue weighted by atomic mass is 9.74. The molecule has 1 fully saturated rings. The van der Waals surface area contributed by atoms with Gasteiger partial charge in [-0.05, 0) is 37.0 Å². The lowest BCUT2D eigenvalue weighted by Gasteiger charge is -2.40. The lowest BCUT2D eigenvalue weighted by Crippen LogP contribution is -2.45. The topological polar surface area (TPSA) is 276 Å². The molecule has 1 aliphatic rings. The van der Waals surface area contributed by atoms with E-state index < -0.39 is 69.6 Å². The Morgan fingerprint density at radius 3 is 1.00 bits per heavy atom. The number of hydrogen-bond donors (Lipinski definition) is 6. The molecular weight excluding hydrogens is 756 g/mol. The van der Waals surface area contributed by atoms with Crippen LogP contribution >= 0.6 is 0 Å². The summed E-state index contributed by atoms with van der Waals surface area (Å²) >= 11 is 0. The highest BCUT2D eigenvalue weighted by Crippen LogP contribution is 2.39. The molecule has 0 saturated heterocycles. The number of aromatic hydroxyl groups is 3. The van der Waals surface area contributed by atoms with Gasteiger partial charge in [0.2, 0.25) is 33.5 Å². The molecule has 0 unspecified atom stereocenters. The van der Waals surface area contributed by atoms with Gasteiger partial charge in [-0.15, -0.1) is 0 Å². The molecule has 3 amide bonds. The van der Waals surface area contributed by atoms with Crippen molar-refractivity contribution in [1.29, 1.82) is 0 Å². The molecule has 0 bridgehead atoms. The molecule has 21 heteroatoms. The zero-order valence-corrected chi connectivity index (χ0v) is 31.7. The van der Waals surface area contributed by atoms with Crippen LogP contribution in [0, 0.1) is 17.8 Å². The van der Waals surface area contributed by atoms with Crippen molar-refractivity contribution < 1.29 is 59.2 Å². The second-order valence-electron chi connectivity index (χ2n) is 13.6. The molecule has 0 radical (unpaired) electrons. The smallest absolute Gasteiger partial charge is 0.413 e. The summed E-state index contributed by atoms with van der Waals surface area (Å²) in [5.74, 6) is -5.55. The zero-order chi connectivity index (χ0) is 42.0. The van der Waals surface area contributed by atoms with Crippen molar-refractivity contribution in [3.05, 3.63) is 67.5 Å². The molecule has 0 spiro atoms. The van der Waals surface area contributed by atoms with E-state index >= 15 is 0 Å². The molecule has 312 valence electrons. The van der Waals surface area contributed by atoms with Crippen molar-refractivity contribution in [2.75, 3.05) is 75.5 Å². The summed E-state index contributed by atoms with van der Waals surface area (Å²) < 4.78 is 19.4. The highest BCUT2D eigenvalue weighted by atomic mass is 16.5. The molecule has 3 aromatic rings. The van der Waals surface area contributed by atoms with Gasteiger partial charge in [0.1, 0.15) is 0 Å². The average Bonchev–Trinajstić information content (AvgIpc) is 3.16. The average molecular weight is 805 g/mol. The van der Waals surface area contributed by atoms with Crippen LogP contribution in [0.25, 0.3) is 0 Å². The zero-order valence-electron chi connectivity index (χ0n) is 31.7. The number of aromatic nitrogens is 3. The first-order chi connectivity index (χ1) is 27.1. The van der Waals surface area contributed by atoms with Crippen LogP contribution in [-0.2, 0) is 33.8 Å².